The van der Waals surface area contributed by atoms with E-state index in [1.165, 1.54) is 0 Å². The van der Waals surface area contributed by atoms with Crippen LogP contribution in [0, 0.1) is 0 Å². The van der Waals surface area contributed by atoms with Crippen LogP contribution in [0.25, 0.3) is 0 Å². The molecule has 0 aliphatic rings. The third-order valence-corrected chi connectivity index (χ3v) is 3.41. The minimum atomic E-state index is -0.317. The molecule has 2 rings (SSSR count). The Hall–Kier alpha value is -2.40. The summed E-state index contributed by atoms with van der Waals surface area (Å²) in [7, 11) is 0. The lowest BCUT2D eigenvalue weighted by molar-refractivity contribution is -0.128. The van der Waals surface area contributed by atoms with E-state index in [0.717, 1.165) is 16.0 Å². The topological polar surface area (TPSA) is 55.7 Å². The number of oxime groups is 1. The van der Waals surface area contributed by atoms with Crippen molar-refractivity contribution in [1.82, 2.24) is 0 Å². The maximum Gasteiger partial charge on any atom is 0.323 e. The summed E-state index contributed by atoms with van der Waals surface area (Å²) in [5.41, 5.74) is 0.487. The van der Waals surface area contributed by atoms with Crippen LogP contribution >= 0.6 is 11.8 Å². The van der Waals surface area contributed by atoms with Crippen LogP contribution in [-0.4, -0.2) is 18.5 Å². The van der Waals surface area contributed by atoms with Crippen molar-refractivity contribution in [3.63, 3.8) is 0 Å². The number of hydrogen-bond donors (Lipinski definition) is 0. The fourth-order valence-corrected chi connectivity index (χ4v) is 2.33. The summed E-state index contributed by atoms with van der Waals surface area (Å²) in [5.74, 6) is -0.317. The van der Waals surface area contributed by atoms with Gasteiger partial charge in [0, 0.05) is 15.4 Å². The van der Waals surface area contributed by atoms with Gasteiger partial charge in [0.1, 0.15) is 6.21 Å². The number of Topliss-reactive ketones (excluding diaryl/α,β-unsaturated/α-hetero) is 1. The molecule has 20 heavy (non-hydrogen) atoms. The van der Waals surface area contributed by atoms with Crippen LogP contribution < -0.4 is 0 Å². The van der Waals surface area contributed by atoms with E-state index in [-0.39, 0.29) is 12.3 Å². The molecule has 0 aromatic heterocycles. The first-order chi connectivity index (χ1) is 9.79. The van der Waals surface area contributed by atoms with Crippen LogP contribution in [0.1, 0.15) is 10.4 Å². The van der Waals surface area contributed by atoms with E-state index in [2.05, 4.69) is 9.99 Å². The zero-order valence-electron chi connectivity index (χ0n) is 10.4. The molecule has 2 aromatic rings. The molecule has 0 saturated carbocycles. The molecule has 5 heteroatoms. The Morgan fingerprint density at radius 1 is 1.00 bits per heavy atom. The van der Waals surface area contributed by atoms with Crippen molar-refractivity contribution in [2.45, 2.75) is 9.79 Å². The van der Waals surface area contributed by atoms with Gasteiger partial charge >= 0.3 is 6.47 Å². The summed E-state index contributed by atoms with van der Waals surface area (Å²) >= 11 is 1.61. The Balaban J connectivity index is 2.03. The summed E-state index contributed by atoms with van der Waals surface area (Å²) in [6.45, 7) is 0.156. The van der Waals surface area contributed by atoms with Gasteiger partial charge in [0.2, 0.25) is 5.78 Å². The number of nitrogens with zero attached hydrogens (tertiary/aromatic N) is 1. The van der Waals surface area contributed by atoms with Crippen molar-refractivity contribution in [3.05, 3.63) is 60.2 Å². The molecule has 0 atom stereocenters. The second kappa shape index (κ2) is 7.25. The standard InChI is InChI=1S/C15H11NO3S/c17-11-19-16-10-15(18)12-6-8-14(9-7-12)20-13-4-2-1-3-5-13/h1-11H/b16-10+. The van der Waals surface area contributed by atoms with Gasteiger partial charge in [0.15, 0.2) is 0 Å². The molecular weight excluding hydrogens is 274 g/mol. The molecule has 0 aliphatic carbocycles. The first-order valence-corrected chi connectivity index (χ1v) is 6.61. The van der Waals surface area contributed by atoms with Crippen LogP contribution in [0.3, 0.4) is 0 Å². The van der Waals surface area contributed by atoms with E-state index in [1.807, 2.05) is 42.5 Å². The lowest BCUT2D eigenvalue weighted by Gasteiger charge is -2.02. The van der Waals surface area contributed by atoms with Gasteiger partial charge < -0.3 is 4.84 Å². The van der Waals surface area contributed by atoms with Crippen LogP contribution in [0.4, 0.5) is 0 Å². The maximum absolute atomic E-state index is 11.6. The summed E-state index contributed by atoms with van der Waals surface area (Å²) in [6.07, 6.45) is 0.966. The van der Waals surface area contributed by atoms with E-state index in [0.29, 0.717) is 5.56 Å². The maximum atomic E-state index is 11.6. The molecule has 0 aliphatic heterocycles. The molecule has 0 spiro atoms. The highest BCUT2D eigenvalue weighted by Gasteiger charge is 2.03. The van der Waals surface area contributed by atoms with Gasteiger partial charge in [0.05, 0.1) is 0 Å². The third-order valence-electron chi connectivity index (χ3n) is 2.39. The van der Waals surface area contributed by atoms with Gasteiger partial charge in [0.25, 0.3) is 0 Å². The molecule has 0 saturated heterocycles. The molecule has 0 heterocycles. The Bertz CT molecular complexity index is 609. The predicted octanol–water partition coefficient (Wildman–Crippen LogP) is 3.18. The lowest BCUT2D eigenvalue weighted by Crippen LogP contribution is -2.00. The number of carbonyl (C=O) groups is 2. The number of benzene rings is 2. The number of carbonyl (C=O) groups excluding carboxylic acids is 2. The van der Waals surface area contributed by atoms with Crippen molar-refractivity contribution in [3.8, 4) is 0 Å². The van der Waals surface area contributed by atoms with E-state index in [9.17, 15) is 9.59 Å². The Morgan fingerprint density at radius 2 is 1.65 bits per heavy atom. The van der Waals surface area contributed by atoms with Crippen molar-refractivity contribution in [2.24, 2.45) is 5.16 Å². The molecule has 0 N–H and O–H groups in total. The minimum absolute atomic E-state index is 0.156. The molecule has 2 aromatic carbocycles. The van der Waals surface area contributed by atoms with E-state index in [4.69, 9.17) is 0 Å². The van der Waals surface area contributed by atoms with Gasteiger partial charge in [-0.2, -0.15) is 0 Å². The highest BCUT2D eigenvalue weighted by Crippen LogP contribution is 2.27. The fraction of sp³-hybridized carbons (Fsp3) is 0. The third kappa shape index (κ3) is 4.07. The summed E-state index contributed by atoms with van der Waals surface area (Å²) in [4.78, 5) is 27.8. The summed E-state index contributed by atoms with van der Waals surface area (Å²) < 4.78 is 0. The quantitative estimate of drug-likeness (QED) is 0.269. The Labute approximate surface area is 120 Å². The smallest absolute Gasteiger partial charge is 0.322 e. The highest BCUT2D eigenvalue weighted by molar-refractivity contribution is 7.99. The molecule has 0 bridgehead atoms. The molecule has 0 amide bonds. The molecule has 100 valence electrons. The van der Waals surface area contributed by atoms with Gasteiger partial charge in [-0.15, -0.1) is 0 Å². The second-order valence-electron chi connectivity index (χ2n) is 3.74. The molecule has 0 radical (unpaired) electrons. The summed E-state index contributed by atoms with van der Waals surface area (Å²) in [5, 5.41) is 3.21. The van der Waals surface area contributed by atoms with Gasteiger partial charge in [-0.1, -0.05) is 35.1 Å². The van der Waals surface area contributed by atoms with Gasteiger partial charge in [-0.05, 0) is 36.4 Å². The van der Waals surface area contributed by atoms with Crippen molar-refractivity contribution in [1.29, 1.82) is 0 Å². The predicted molar refractivity (Wildman–Crippen MR) is 77.0 cm³/mol. The number of rotatable bonds is 6. The second-order valence-corrected chi connectivity index (χ2v) is 4.89. The van der Waals surface area contributed by atoms with Crippen molar-refractivity contribution >= 4 is 30.2 Å². The zero-order valence-corrected chi connectivity index (χ0v) is 11.2. The fourth-order valence-electron chi connectivity index (χ4n) is 1.49. The average molecular weight is 285 g/mol. The normalized spacial score (nSPS) is 10.4. The number of ketones is 1. The molecule has 0 unspecified atom stereocenters. The van der Waals surface area contributed by atoms with Crippen LogP contribution in [0.5, 0.6) is 0 Å². The van der Waals surface area contributed by atoms with E-state index in [1.54, 1.807) is 23.9 Å². The zero-order chi connectivity index (χ0) is 14.2. The van der Waals surface area contributed by atoms with Crippen LogP contribution in [-0.2, 0) is 9.63 Å². The molecule has 0 fully saturated rings. The highest BCUT2D eigenvalue weighted by atomic mass is 32.2. The minimum Gasteiger partial charge on any atom is -0.322 e. The van der Waals surface area contributed by atoms with Gasteiger partial charge in [-0.3, -0.25) is 9.59 Å². The van der Waals surface area contributed by atoms with Crippen molar-refractivity contribution in [2.75, 3.05) is 0 Å². The van der Waals surface area contributed by atoms with E-state index >= 15 is 0 Å². The van der Waals surface area contributed by atoms with E-state index < -0.39 is 0 Å². The first kappa shape index (κ1) is 14.0. The Kier molecular flexibility index (Phi) is 5.08. The van der Waals surface area contributed by atoms with Crippen LogP contribution in [0.15, 0.2) is 69.5 Å². The monoisotopic (exact) mass is 285 g/mol. The molecular formula is C15H11NO3S. The Morgan fingerprint density at radius 3 is 2.30 bits per heavy atom. The number of hydrogen-bond acceptors (Lipinski definition) is 5. The first-order valence-electron chi connectivity index (χ1n) is 5.80. The summed E-state index contributed by atoms with van der Waals surface area (Å²) in [6, 6.07) is 17.1. The van der Waals surface area contributed by atoms with Crippen LogP contribution in [0.2, 0.25) is 0 Å². The lowest BCUT2D eigenvalue weighted by atomic mass is 10.1. The van der Waals surface area contributed by atoms with Gasteiger partial charge in [-0.25, -0.2) is 0 Å². The molecule has 4 nitrogen and oxygen atoms in total. The largest absolute Gasteiger partial charge is 0.323 e. The van der Waals surface area contributed by atoms with Crippen molar-refractivity contribution < 1.29 is 14.4 Å². The SMILES string of the molecule is O=CO/N=C/C(=O)c1ccc(Sc2ccccc2)cc1. The average Bonchev–Trinajstić information content (AvgIpc) is 2.49.